The van der Waals surface area contributed by atoms with Gasteiger partial charge in [0.05, 0.1) is 11.4 Å². The zero-order chi connectivity index (χ0) is 15.7. The van der Waals surface area contributed by atoms with Gasteiger partial charge in [0, 0.05) is 10.6 Å². The molecule has 0 aromatic heterocycles. The molecular weight excluding hydrogens is 300 g/mol. The van der Waals surface area contributed by atoms with Crippen LogP contribution in [0, 0.1) is 5.92 Å². The highest BCUT2D eigenvalue weighted by molar-refractivity contribution is 6.32. The van der Waals surface area contributed by atoms with E-state index in [9.17, 15) is 9.59 Å². The van der Waals surface area contributed by atoms with Crippen molar-refractivity contribution in [1.82, 2.24) is 0 Å². The molecule has 110 valence electrons. The van der Waals surface area contributed by atoms with Crippen LogP contribution in [-0.2, 0) is 4.79 Å². The van der Waals surface area contributed by atoms with Crippen molar-refractivity contribution in [3.05, 3.63) is 65.2 Å². The number of carbonyl (C=O) groups excluding carboxylic acids is 2. The van der Waals surface area contributed by atoms with Crippen molar-refractivity contribution in [2.24, 2.45) is 11.0 Å². The van der Waals surface area contributed by atoms with Crippen molar-refractivity contribution in [3.63, 3.8) is 0 Å². The van der Waals surface area contributed by atoms with Crippen LogP contribution in [-0.4, -0.2) is 17.4 Å². The molecule has 1 aliphatic rings. The highest BCUT2D eigenvalue weighted by atomic mass is 35.5. The predicted molar refractivity (Wildman–Crippen MR) is 86.3 cm³/mol. The van der Waals surface area contributed by atoms with Gasteiger partial charge >= 0.3 is 0 Å². The van der Waals surface area contributed by atoms with Crippen molar-refractivity contribution in [2.45, 2.75) is 6.92 Å². The number of hydrogen-bond donors (Lipinski definition) is 0. The molecule has 5 heteroatoms. The number of nitrogens with zero attached hydrogens (tertiary/aromatic N) is 2. The molecule has 4 nitrogen and oxygen atoms in total. The highest BCUT2D eigenvalue weighted by Gasteiger charge is 2.39. The molecule has 1 aliphatic heterocycles. The Labute approximate surface area is 133 Å². The van der Waals surface area contributed by atoms with Gasteiger partial charge in [-0.05, 0) is 25.1 Å². The number of hydrogen-bond acceptors (Lipinski definition) is 3. The first-order chi connectivity index (χ1) is 10.6. The molecule has 2 aromatic carbocycles. The fourth-order valence-electron chi connectivity index (χ4n) is 2.43. The molecule has 0 bridgehead atoms. The molecule has 3 rings (SSSR count). The van der Waals surface area contributed by atoms with E-state index in [-0.39, 0.29) is 11.7 Å². The fraction of sp³-hybridized carbons (Fsp3) is 0.118. The molecule has 0 spiro atoms. The van der Waals surface area contributed by atoms with E-state index in [1.54, 1.807) is 55.5 Å². The van der Waals surface area contributed by atoms with Crippen LogP contribution in [0.1, 0.15) is 17.3 Å². The lowest BCUT2D eigenvalue weighted by Crippen LogP contribution is -2.32. The van der Waals surface area contributed by atoms with Crippen molar-refractivity contribution in [3.8, 4) is 0 Å². The Morgan fingerprint density at radius 3 is 2.55 bits per heavy atom. The summed E-state index contributed by atoms with van der Waals surface area (Å²) in [5.74, 6) is -1.47. The maximum absolute atomic E-state index is 12.6. The van der Waals surface area contributed by atoms with E-state index in [1.165, 1.54) is 5.01 Å². The number of anilines is 1. The number of ketones is 1. The minimum atomic E-state index is -0.874. The summed E-state index contributed by atoms with van der Waals surface area (Å²) >= 11 is 5.95. The summed E-state index contributed by atoms with van der Waals surface area (Å²) < 4.78 is 0. The highest BCUT2D eigenvalue weighted by Crippen LogP contribution is 2.27. The molecule has 0 unspecified atom stereocenters. The minimum absolute atomic E-state index is 0.239. The molecule has 2 aromatic rings. The van der Waals surface area contributed by atoms with Gasteiger partial charge in [-0.1, -0.05) is 48.0 Å². The summed E-state index contributed by atoms with van der Waals surface area (Å²) in [7, 11) is 0. The third kappa shape index (κ3) is 2.53. The Bertz CT molecular complexity index is 771. The van der Waals surface area contributed by atoms with Crippen LogP contribution in [0.5, 0.6) is 0 Å². The Balaban J connectivity index is 1.92. The topological polar surface area (TPSA) is 49.7 Å². The Morgan fingerprint density at radius 1 is 1.14 bits per heavy atom. The molecule has 0 aliphatic carbocycles. The second kappa shape index (κ2) is 5.73. The number of rotatable bonds is 3. The number of carbonyl (C=O) groups is 2. The summed E-state index contributed by atoms with van der Waals surface area (Å²) in [4.78, 5) is 25.1. The lowest BCUT2D eigenvalue weighted by atomic mass is 9.94. The largest absolute Gasteiger partial charge is 0.293 e. The van der Waals surface area contributed by atoms with E-state index in [0.29, 0.717) is 22.0 Å². The third-order valence-electron chi connectivity index (χ3n) is 3.50. The van der Waals surface area contributed by atoms with Crippen molar-refractivity contribution >= 4 is 34.7 Å². The molecule has 0 radical (unpaired) electrons. The summed E-state index contributed by atoms with van der Waals surface area (Å²) in [5.41, 5.74) is 1.54. The first-order valence-corrected chi connectivity index (χ1v) is 7.19. The Hall–Kier alpha value is -2.46. The van der Waals surface area contributed by atoms with Crippen molar-refractivity contribution < 1.29 is 9.59 Å². The zero-order valence-electron chi connectivity index (χ0n) is 11.9. The number of hydrazone groups is 1. The van der Waals surface area contributed by atoms with Crippen molar-refractivity contribution in [2.75, 3.05) is 5.01 Å². The Kier molecular flexibility index (Phi) is 3.77. The first-order valence-electron chi connectivity index (χ1n) is 6.82. The van der Waals surface area contributed by atoms with E-state index >= 15 is 0 Å². The molecule has 0 saturated carbocycles. The summed E-state index contributed by atoms with van der Waals surface area (Å²) in [6, 6.07) is 15.6. The van der Waals surface area contributed by atoms with Crippen LogP contribution < -0.4 is 5.01 Å². The first kappa shape index (κ1) is 14.5. The quantitative estimate of drug-likeness (QED) is 0.642. The standard InChI is InChI=1S/C17H13ClN2O2/c1-11-15(16(21)12-6-3-2-4-7-12)17(22)20(19-11)14-9-5-8-13(18)10-14/h2-10,15H,1H3/t15-/m0/s1. The van der Waals surface area contributed by atoms with Gasteiger partial charge in [-0.3, -0.25) is 9.59 Å². The van der Waals surface area contributed by atoms with Gasteiger partial charge in [-0.15, -0.1) is 0 Å². The molecule has 22 heavy (non-hydrogen) atoms. The van der Waals surface area contributed by atoms with Gasteiger partial charge in [-0.25, -0.2) is 0 Å². The lowest BCUT2D eigenvalue weighted by molar-refractivity contribution is -0.118. The zero-order valence-corrected chi connectivity index (χ0v) is 12.6. The maximum Gasteiger partial charge on any atom is 0.264 e. The van der Waals surface area contributed by atoms with Crippen LogP contribution in [0.3, 0.4) is 0 Å². The number of halogens is 1. The molecule has 0 saturated heterocycles. The van der Waals surface area contributed by atoms with Gasteiger partial charge in [0.15, 0.2) is 5.78 Å². The van der Waals surface area contributed by atoms with Gasteiger partial charge in [0.25, 0.3) is 5.91 Å². The van der Waals surface area contributed by atoms with Crippen LogP contribution in [0.4, 0.5) is 5.69 Å². The van der Waals surface area contributed by atoms with E-state index in [4.69, 9.17) is 11.6 Å². The van der Waals surface area contributed by atoms with E-state index in [0.717, 1.165) is 0 Å². The van der Waals surface area contributed by atoms with Crippen molar-refractivity contribution in [1.29, 1.82) is 0 Å². The third-order valence-corrected chi connectivity index (χ3v) is 3.74. The smallest absolute Gasteiger partial charge is 0.264 e. The maximum atomic E-state index is 12.6. The average molecular weight is 313 g/mol. The number of benzene rings is 2. The lowest BCUT2D eigenvalue weighted by Gasteiger charge is -2.14. The SMILES string of the molecule is CC1=NN(c2cccc(Cl)c2)C(=O)[C@@H]1C(=O)c1ccccc1. The average Bonchev–Trinajstić information content (AvgIpc) is 2.82. The molecule has 0 fully saturated rings. The number of Topliss-reactive ketones (excluding diaryl/α,β-unsaturated/α-hetero) is 1. The second-order valence-corrected chi connectivity index (χ2v) is 5.47. The number of amides is 1. The fourth-order valence-corrected chi connectivity index (χ4v) is 2.61. The predicted octanol–water partition coefficient (Wildman–Crippen LogP) is 3.56. The van der Waals surface area contributed by atoms with E-state index in [1.807, 2.05) is 6.07 Å². The Morgan fingerprint density at radius 2 is 1.86 bits per heavy atom. The second-order valence-electron chi connectivity index (χ2n) is 5.03. The molecule has 0 N–H and O–H groups in total. The minimum Gasteiger partial charge on any atom is -0.293 e. The normalized spacial score (nSPS) is 17.5. The molecule has 1 atom stereocenters. The molecule has 1 amide bonds. The monoisotopic (exact) mass is 312 g/mol. The molecule has 1 heterocycles. The van der Waals surface area contributed by atoms with E-state index in [2.05, 4.69) is 5.10 Å². The van der Waals surface area contributed by atoms with E-state index < -0.39 is 5.92 Å². The summed E-state index contributed by atoms with van der Waals surface area (Å²) in [6.07, 6.45) is 0. The van der Waals surface area contributed by atoms with Gasteiger partial charge in [0.2, 0.25) is 0 Å². The van der Waals surface area contributed by atoms with Gasteiger partial charge in [-0.2, -0.15) is 10.1 Å². The van der Waals surface area contributed by atoms with Crippen LogP contribution in [0.25, 0.3) is 0 Å². The van der Waals surface area contributed by atoms with Crippen LogP contribution in [0.15, 0.2) is 59.7 Å². The van der Waals surface area contributed by atoms with Crippen LogP contribution in [0.2, 0.25) is 5.02 Å². The van der Waals surface area contributed by atoms with Crippen LogP contribution >= 0.6 is 11.6 Å². The van der Waals surface area contributed by atoms with Gasteiger partial charge < -0.3 is 0 Å². The summed E-state index contributed by atoms with van der Waals surface area (Å²) in [6.45, 7) is 1.69. The summed E-state index contributed by atoms with van der Waals surface area (Å²) in [5, 5.41) is 5.98. The van der Waals surface area contributed by atoms with Gasteiger partial charge in [0.1, 0.15) is 5.92 Å². The molecular formula is C17H13ClN2O2.